The molecule has 160 valence electrons. The summed E-state index contributed by atoms with van der Waals surface area (Å²) in [7, 11) is 0. The third kappa shape index (κ3) is 6.30. The minimum Gasteiger partial charge on any atom is -0.475 e. The number of alkyl halides is 3. The zero-order valence-electron chi connectivity index (χ0n) is 16.8. The van der Waals surface area contributed by atoms with E-state index < -0.39 is 12.1 Å². The fourth-order valence-electron chi connectivity index (χ4n) is 3.54. The summed E-state index contributed by atoms with van der Waals surface area (Å²) in [5.74, 6) is 0.539. The molecule has 1 N–H and O–H groups in total. The van der Waals surface area contributed by atoms with E-state index >= 15 is 0 Å². The smallest absolute Gasteiger partial charge is 0.475 e. The monoisotopic (exact) mass is 411 g/mol. The van der Waals surface area contributed by atoms with E-state index in [1.165, 1.54) is 42.9 Å². The van der Waals surface area contributed by atoms with Gasteiger partial charge in [-0.3, -0.25) is 0 Å². The summed E-state index contributed by atoms with van der Waals surface area (Å²) in [6.07, 6.45) is 2.31. The Kier molecular flexibility index (Phi) is 8.22. The minimum atomic E-state index is -5.08. The number of carboxylic acids is 1. The van der Waals surface area contributed by atoms with Crippen LogP contribution in [0.1, 0.15) is 69.1 Å². The molecule has 0 radical (unpaired) electrons. The second-order valence-corrected chi connectivity index (χ2v) is 7.37. The Bertz CT molecular complexity index is 775. The van der Waals surface area contributed by atoms with Gasteiger partial charge >= 0.3 is 12.1 Å². The fourth-order valence-corrected chi connectivity index (χ4v) is 3.54. The molecule has 0 saturated heterocycles. The van der Waals surface area contributed by atoms with E-state index in [2.05, 4.69) is 58.9 Å². The van der Waals surface area contributed by atoms with Crippen molar-refractivity contribution in [2.75, 3.05) is 0 Å². The van der Waals surface area contributed by atoms with Crippen molar-refractivity contribution < 1.29 is 23.1 Å². The third-order valence-electron chi connectivity index (χ3n) is 5.28. The normalized spacial score (nSPS) is 16.4. The SMILES string of the molecule is CCC(C)C(c1ccccc1)c1nnc2n1CCCCCC2.O=C(O)C(F)(F)F. The van der Waals surface area contributed by atoms with Crippen molar-refractivity contribution in [3.05, 3.63) is 47.5 Å². The van der Waals surface area contributed by atoms with Crippen molar-refractivity contribution in [3.8, 4) is 0 Å². The van der Waals surface area contributed by atoms with Gasteiger partial charge in [0, 0.05) is 18.9 Å². The van der Waals surface area contributed by atoms with Crippen molar-refractivity contribution in [2.45, 2.75) is 71.0 Å². The van der Waals surface area contributed by atoms with Gasteiger partial charge in [-0.1, -0.05) is 63.4 Å². The first kappa shape index (κ1) is 22.9. The highest BCUT2D eigenvalue weighted by Gasteiger charge is 2.38. The lowest BCUT2D eigenvalue weighted by atomic mass is 9.84. The number of hydrogen-bond acceptors (Lipinski definition) is 3. The molecule has 0 spiro atoms. The number of benzene rings is 1. The quantitative estimate of drug-likeness (QED) is 0.750. The van der Waals surface area contributed by atoms with Gasteiger partial charge in [0.2, 0.25) is 0 Å². The summed E-state index contributed by atoms with van der Waals surface area (Å²) in [6, 6.07) is 10.8. The van der Waals surface area contributed by atoms with E-state index in [1.807, 2.05) is 0 Å². The van der Waals surface area contributed by atoms with E-state index in [1.54, 1.807) is 0 Å². The number of carbonyl (C=O) groups is 1. The molecule has 0 saturated carbocycles. The van der Waals surface area contributed by atoms with Gasteiger partial charge in [0.25, 0.3) is 0 Å². The molecule has 2 atom stereocenters. The summed E-state index contributed by atoms with van der Waals surface area (Å²) in [6.45, 7) is 5.69. The Balaban J connectivity index is 0.000000370. The largest absolute Gasteiger partial charge is 0.490 e. The van der Waals surface area contributed by atoms with Crippen LogP contribution in [0, 0.1) is 5.92 Å². The van der Waals surface area contributed by atoms with Crippen LogP contribution < -0.4 is 0 Å². The highest BCUT2D eigenvalue weighted by atomic mass is 19.4. The fraction of sp³-hybridized carbons (Fsp3) is 0.571. The number of hydrogen-bond donors (Lipinski definition) is 1. The van der Waals surface area contributed by atoms with E-state index in [-0.39, 0.29) is 0 Å². The van der Waals surface area contributed by atoms with Crippen LogP contribution in [0.2, 0.25) is 0 Å². The summed E-state index contributed by atoms with van der Waals surface area (Å²) in [4.78, 5) is 8.90. The Morgan fingerprint density at radius 3 is 2.34 bits per heavy atom. The van der Waals surface area contributed by atoms with Gasteiger partial charge < -0.3 is 9.67 Å². The van der Waals surface area contributed by atoms with Crippen LogP contribution in [-0.4, -0.2) is 32.0 Å². The van der Waals surface area contributed by atoms with Crippen LogP contribution in [0.4, 0.5) is 13.2 Å². The maximum absolute atomic E-state index is 10.6. The maximum Gasteiger partial charge on any atom is 0.490 e. The second-order valence-electron chi connectivity index (χ2n) is 7.37. The third-order valence-corrected chi connectivity index (χ3v) is 5.28. The second kappa shape index (κ2) is 10.4. The van der Waals surface area contributed by atoms with Crippen LogP contribution in [0.25, 0.3) is 0 Å². The van der Waals surface area contributed by atoms with E-state index in [4.69, 9.17) is 9.90 Å². The molecule has 2 aromatic rings. The molecular weight excluding hydrogens is 383 g/mol. The van der Waals surface area contributed by atoms with Gasteiger partial charge in [0.15, 0.2) is 0 Å². The molecule has 0 amide bonds. The predicted molar refractivity (Wildman–Crippen MR) is 104 cm³/mol. The van der Waals surface area contributed by atoms with Crippen LogP contribution in [0.15, 0.2) is 30.3 Å². The van der Waals surface area contributed by atoms with Crippen LogP contribution >= 0.6 is 0 Å². The molecule has 1 aromatic carbocycles. The standard InChI is InChI=1S/C19H27N3.C2HF3O2/c1-3-15(2)18(16-11-7-6-8-12-16)19-21-20-17-13-9-4-5-10-14-22(17)19;3-2(4,5)1(6)7/h6-8,11-12,15,18H,3-5,9-10,13-14H2,1-2H3;(H,6,7). The van der Waals surface area contributed by atoms with Crippen LogP contribution in [0.3, 0.4) is 0 Å². The van der Waals surface area contributed by atoms with Crippen LogP contribution in [0.5, 0.6) is 0 Å². The van der Waals surface area contributed by atoms with Crippen molar-refractivity contribution in [2.24, 2.45) is 5.92 Å². The topological polar surface area (TPSA) is 68.0 Å². The number of fused-ring (bicyclic) bond motifs is 1. The molecule has 0 fully saturated rings. The molecular formula is C21H28F3N3O2. The van der Waals surface area contributed by atoms with E-state index in [0.717, 1.165) is 19.4 Å². The summed E-state index contributed by atoms with van der Waals surface area (Å²) >= 11 is 0. The van der Waals surface area contributed by atoms with Gasteiger partial charge in [0.05, 0.1) is 0 Å². The number of aryl methyl sites for hydroxylation is 1. The lowest BCUT2D eigenvalue weighted by molar-refractivity contribution is -0.192. The molecule has 1 aromatic heterocycles. The Morgan fingerprint density at radius 1 is 1.14 bits per heavy atom. The highest BCUT2D eigenvalue weighted by Crippen LogP contribution is 2.33. The van der Waals surface area contributed by atoms with E-state index in [9.17, 15) is 13.2 Å². The molecule has 2 heterocycles. The van der Waals surface area contributed by atoms with Gasteiger partial charge in [-0.05, 0) is 24.3 Å². The summed E-state index contributed by atoms with van der Waals surface area (Å²) < 4.78 is 34.2. The molecule has 5 nitrogen and oxygen atoms in total. The summed E-state index contributed by atoms with van der Waals surface area (Å²) in [5, 5.41) is 16.3. The van der Waals surface area contributed by atoms with Gasteiger partial charge in [-0.2, -0.15) is 13.2 Å². The average molecular weight is 411 g/mol. The number of nitrogens with zero attached hydrogens (tertiary/aromatic N) is 3. The van der Waals surface area contributed by atoms with Crippen molar-refractivity contribution in [1.82, 2.24) is 14.8 Å². The average Bonchev–Trinajstić information content (AvgIpc) is 3.03. The number of aliphatic carboxylic acids is 1. The first-order valence-corrected chi connectivity index (χ1v) is 10.0. The Hall–Kier alpha value is -2.38. The minimum absolute atomic E-state index is 0.354. The van der Waals surface area contributed by atoms with Crippen molar-refractivity contribution in [3.63, 3.8) is 0 Å². The number of aromatic nitrogens is 3. The van der Waals surface area contributed by atoms with Gasteiger partial charge in [0.1, 0.15) is 11.6 Å². The van der Waals surface area contributed by atoms with Crippen molar-refractivity contribution >= 4 is 5.97 Å². The molecule has 0 bridgehead atoms. The maximum atomic E-state index is 10.6. The molecule has 1 aliphatic rings. The Morgan fingerprint density at radius 2 is 1.76 bits per heavy atom. The summed E-state index contributed by atoms with van der Waals surface area (Å²) in [5.41, 5.74) is 1.37. The first-order valence-electron chi connectivity index (χ1n) is 10.0. The van der Waals surface area contributed by atoms with E-state index in [0.29, 0.717) is 11.8 Å². The van der Waals surface area contributed by atoms with Gasteiger partial charge in [-0.25, -0.2) is 4.79 Å². The zero-order chi connectivity index (χ0) is 21.4. The molecule has 2 unspecified atom stereocenters. The number of halogens is 3. The Labute approximate surface area is 169 Å². The molecule has 0 aliphatic carbocycles. The molecule has 8 heteroatoms. The van der Waals surface area contributed by atoms with Crippen LogP contribution in [-0.2, 0) is 17.8 Å². The first-order chi connectivity index (χ1) is 13.8. The van der Waals surface area contributed by atoms with Crippen molar-refractivity contribution in [1.29, 1.82) is 0 Å². The number of rotatable bonds is 4. The lowest BCUT2D eigenvalue weighted by Crippen LogP contribution is -2.21. The zero-order valence-corrected chi connectivity index (χ0v) is 16.8. The molecule has 29 heavy (non-hydrogen) atoms. The molecule has 1 aliphatic heterocycles. The predicted octanol–water partition coefficient (Wildman–Crippen LogP) is 5.21. The highest BCUT2D eigenvalue weighted by molar-refractivity contribution is 5.73. The van der Waals surface area contributed by atoms with Gasteiger partial charge in [-0.15, -0.1) is 10.2 Å². The lowest BCUT2D eigenvalue weighted by Gasteiger charge is -2.24. The number of carboxylic acid groups (broad SMARTS) is 1. The molecule has 3 rings (SSSR count).